The number of hydrogen-bond acceptors (Lipinski definition) is 3. The lowest BCUT2D eigenvalue weighted by molar-refractivity contribution is 0.139. The second kappa shape index (κ2) is 8.03. The minimum atomic E-state index is 0.776. The SMILES string of the molecule is c1ccc(CNCCOCCc2cccs2)cc1. The van der Waals surface area contributed by atoms with E-state index < -0.39 is 0 Å². The molecule has 1 N–H and O–H groups in total. The van der Waals surface area contributed by atoms with E-state index in [0.29, 0.717) is 0 Å². The van der Waals surface area contributed by atoms with Gasteiger partial charge in [-0.1, -0.05) is 36.4 Å². The molecule has 0 aliphatic rings. The van der Waals surface area contributed by atoms with Crippen LogP contribution >= 0.6 is 11.3 Å². The molecule has 0 aliphatic heterocycles. The molecule has 1 aromatic heterocycles. The highest BCUT2D eigenvalue weighted by Gasteiger charge is 1.94. The maximum absolute atomic E-state index is 5.59. The molecule has 0 spiro atoms. The Morgan fingerprint density at radius 1 is 1.00 bits per heavy atom. The molecule has 1 aromatic carbocycles. The standard InChI is InChI=1S/C15H19NOS/c1-2-5-14(6-3-1)13-16-9-11-17-10-8-15-7-4-12-18-15/h1-7,12,16H,8-11,13H2. The summed E-state index contributed by atoms with van der Waals surface area (Å²) in [6.45, 7) is 3.40. The first-order chi connectivity index (χ1) is 8.95. The lowest BCUT2D eigenvalue weighted by Gasteiger charge is -2.05. The van der Waals surface area contributed by atoms with Gasteiger partial charge in [-0.05, 0) is 17.0 Å². The fourth-order valence-corrected chi connectivity index (χ4v) is 2.39. The van der Waals surface area contributed by atoms with Crippen molar-refractivity contribution in [2.45, 2.75) is 13.0 Å². The van der Waals surface area contributed by atoms with E-state index in [-0.39, 0.29) is 0 Å². The molecule has 0 saturated carbocycles. The van der Waals surface area contributed by atoms with Gasteiger partial charge in [-0.2, -0.15) is 0 Å². The van der Waals surface area contributed by atoms with E-state index >= 15 is 0 Å². The Balaban J connectivity index is 1.47. The van der Waals surface area contributed by atoms with Crippen molar-refractivity contribution in [3.05, 3.63) is 58.3 Å². The monoisotopic (exact) mass is 261 g/mol. The largest absolute Gasteiger partial charge is 0.380 e. The highest BCUT2D eigenvalue weighted by molar-refractivity contribution is 7.09. The lowest BCUT2D eigenvalue weighted by Crippen LogP contribution is -2.19. The van der Waals surface area contributed by atoms with E-state index in [1.807, 2.05) is 6.07 Å². The summed E-state index contributed by atoms with van der Waals surface area (Å²) in [7, 11) is 0. The first kappa shape index (κ1) is 13.3. The van der Waals surface area contributed by atoms with Crippen LogP contribution in [0, 0.1) is 0 Å². The molecule has 1 heterocycles. The smallest absolute Gasteiger partial charge is 0.0591 e. The van der Waals surface area contributed by atoms with E-state index in [2.05, 4.69) is 47.1 Å². The van der Waals surface area contributed by atoms with Crippen LogP contribution in [0.1, 0.15) is 10.4 Å². The number of rotatable bonds is 8. The van der Waals surface area contributed by atoms with Gasteiger partial charge in [-0.15, -0.1) is 11.3 Å². The van der Waals surface area contributed by atoms with Crippen LogP contribution in [0.15, 0.2) is 47.8 Å². The van der Waals surface area contributed by atoms with Gasteiger partial charge in [-0.3, -0.25) is 0 Å². The van der Waals surface area contributed by atoms with Crippen LogP contribution in [0.2, 0.25) is 0 Å². The van der Waals surface area contributed by atoms with Crippen molar-refractivity contribution < 1.29 is 4.74 Å². The van der Waals surface area contributed by atoms with E-state index in [9.17, 15) is 0 Å². The summed E-state index contributed by atoms with van der Waals surface area (Å²) in [5, 5.41) is 5.48. The Morgan fingerprint density at radius 2 is 1.89 bits per heavy atom. The molecular weight excluding hydrogens is 242 g/mol. The third kappa shape index (κ3) is 5.00. The number of hydrogen-bond donors (Lipinski definition) is 1. The summed E-state index contributed by atoms with van der Waals surface area (Å²) in [5.41, 5.74) is 1.32. The summed E-state index contributed by atoms with van der Waals surface area (Å²) in [5.74, 6) is 0. The number of thiophene rings is 1. The van der Waals surface area contributed by atoms with Crippen molar-refractivity contribution in [1.29, 1.82) is 0 Å². The highest BCUT2D eigenvalue weighted by Crippen LogP contribution is 2.08. The van der Waals surface area contributed by atoms with Crippen molar-refractivity contribution in [3.8, 4) is 0 Å². The zero-order valence-corrected chi connectivity index (χ0v) is 11.3. The summed E-state index contributed by atoms with van der Waals surface area (Å²) in [4.78, 5) is 1.40. The second-order valence-electron chi connectivity index (χ2n) is 4.10. The maximum Gasteiger partial charge on any atom is 0.0591 e. The summed E-state index contributed by atoms with van der Waals surface area (Å²) in [6, 6.07) is 14.7. The lowest BCUT2D eigenvalue weighted by atomic mass is 10.2. The molecule has 0 radical (unpaired) electrons. The van der Waals surface area contributed by atoms with Crippen molar-refractivity contribution in [1.82, 2.24) is 5.32 Å². The number of benzene rings is 1. The average molecular weight is 261 g/mol. The summed E-state index contributed by atoms with van der Waals surface area (Å²) in [6.07, 6.45) is 1.02. The third-order valence-corrected chi connectivity index (χ3v) is 3.60. The van der Waals surface area contributed by atoms with E-state index in [0.717, 1.165) is 32.7 Å². The van der Waals surface area contributed by atoms with Crippen LogP contribution in [-0.4, -0.2) is 19.8 Å². The van der Waals surface area contributed by atoms with E-state index in [4.69, 9.17) is 4.74 Å². The average Bonchev–Trinajstić information content (AvgIpc) is 2.92. The molecule has 0 saturated heterocycles. The maximum atomic E-state index is 5.59. The Kier molecular flexibility index (Phi) is 5.92. The molecule has 3 heteroatoms. The van der Waals surface area contributed by atoms with Gasteiger partial charge in [0.1, 0.15) is 0 Å². The van der Waals surface area contributed by atoms with Crippen molar-refractivity contribution in [2.24, 2.45) is 0 Å². The normalized spacial score (nSPS) is 10.7. The summed E-state index contributed by atoms with van der Waals surface area (Å²) >= 11 is 1.79. The zero-order valence-electron chi connectivity index (χ0n) is 10.5. The van der Waals surface area contributed by atoms with Crippen LogP contribution in [0.25, 0.3) is 0 Å². The van der Waals surface area contributed by atoms with Crippen LogP contribution in [0.4, 0.5) is 0 Å². The van der Waals surface area contributed by atoms with E-state index in [1.165, 1.54) is 10.4 Å². The molecule has 2 nitrogen and oxygen atoms in total. The Bertz CT molecular complexity index is 413. The van der Waals surface area contributed by atoms with Gasteiger partial charge in [0.2, 0.25) is 0 Å². The van der Waals surface area contributed by atoms with Crippen LogP contribution in [0.5, 0.6) is 0 Å². The van der Waals surface area contributed by atoms with Gasteiger partial charge in [0.05, 0.1) is 13.2 Å². The van der Waals surface area contributed by atoms with Gasteiger partial charge in [-0.25, -0.2) is 0 Å². The van der Waals surface area contributed by atoms with Crippen LogP contribution in [-0.2, 0) is 17.7 Å². The number of ether oxygens (including phenoxy) is 1. The predicted molar refractivity (Wildman–Crippen MR) is 77.0 cm³/mol. The van der Waals surface area contributed by atoms with Crippen molar-refractivity contribution >= 4 is 11.3 Å². The topological polar surface area (TPSA) is 21.3 Å². The molecule has 0 amide bonds. The molecule has 96 valence electrons. The quantitative estimate of drug-likeness (QED) is 0.737. The Morgan fingerprint density at radius 3 is 2.67 bits per heavy atom. The third-order valence-electron chi connectivity index (χ3n) is 2.67. The molecule has 0 fully saturated rings. The van der Waals surface area contributed by atoms with Gasteiger partial charge in [0, 0.05) is 24.4 Å². The van der Waals surface area contributed by atoms with Crippen molar-refractivity contribution in [2.75, 3.05) is 19.8 Å². The molecule has 2 rings (SSSR count). The molecule has 0 bridgehead atoms. The van der Waals surface area contributed by atoms with E-state index in [1.54, 1.807) is 11.3 Å². The molecule has 18 heavy (non-hydrogen) atoms. The molecule has 0 aliphatic carbocycles. The predicted octanol–water partition coefficient (Wildman–Crippen LogP) is 3.10. The first-order valence-corrected chi connectivity index (χ1v) is 7.18. The first-order valence-electron chi connectivity index (χ1n) is 6.30. The second-order valence-corrected chi connectivity index (χ2v) is 5.14. The van der Waals surface area contributed by atoms with Gasteiger partial charge < -0.3 is 10.1 Å². The molecular formula is C15H19NOS. The molecule has 0 atom stereocenters. The highest BCUT2D eigenvalue weighted by atomic mass is 32.1. The van der Waals surface area contributed by atoms with Gasteiger partial charge >= 0.3 is 0 Å². The Hall–Kier alpha value is -1.16. The fraction of sp³-hybridized carbons (Fsp3) is 0.333. The Labute approximate surface area is 113 Å². The van der Waals surface area contributed by atoms with Crippen LogP contribution in [0.3, 0.4) is 0 Å². The van der Waals surface area contributed by atoms with Gasteiger partial charge in [0.25, 0.3) is 0 Å². The number of nitrogens with one attached hydrogen (secondary N) is 1. The fourth-order valence-electron chi connectivity index (χ4n) is 1.70. The minimum Gasteiger partial charge on any atom is -0.380 e. The van der Waals surface area contributed by atoms with Crippen molar-refractivity contribution in [3.63, 3.8) is 0 Å². The molecule has 2 aromatic rings. The zero-order chi connectivity index (χ0) is 12.5. The minimum absolute atomic E-state index is 0.776. The van der Waals surface area contributed by atoms with Crippen LogP contribution < -0.4 is 5.32 Å². The van der Waals surface area contributed by atoms with Gasteiger partial charge in [0.15, 0.2) is 0 Å². The molecule has 0 unspecified atom stereocenters. The summed E-state index contributed by atoms with van der Waals surface area (Å²) < 4.78 is 5.59.